The van der Waals surface area contributed by atoms with Crippen LogP contribution in [0.15, 0.2) is 53.3 Å². The van der Waals surface area contributed by atoms with Crippen LogP contribution in [0, 0.1) is 18.3 Å². The summed E-state index contributed by atoms with van der Waals surface area (Å²) in [4.78, 5) is 20.9. The van der Waals surface area contributed by atoms with E-state index in [0.29, 0.717) is 44.0 Å². The van der Waals surface area contributed by atoms with Crippen molar-refractivity contribution in [2.75, 3.05) is 31.7 Å². The van der Waals surface area contributed by atoms with Gasteiger partial charge in [0.25, 0.3) is 5.56 Å². The monoisotopic (exact) mass is 457 g/mol. The summed E-state index contributed by atoms with van der Waals surface area (Å²) in [6.45, 7) is 4.53. The van der Waals surface area contributed by atoms with Crippen LogP contribution in [0.1, 0.15) is 30.4 Å². The van der Waals surface area contributed by atoms with Crippen LogP contribution in [0.5, 0.6) is 0 Å². The van der Waals surface area contributed by atoms with Gasteiger partial charge in [0.1, 0.15) is 0 Å². The predicted molar refractivity (Wildman–Crippen MR) is 135 cm³/mol. The van der Waals surface area contributed by atoms with E-state index in [2.05, 4.69) is 11.0 Å². The third kappa shape index (κ3) is 5.04. The molecule has 0 spiro atoms. The normalized spacial score (nSPS) is 14.2. The molecule has 0 amide bonds. The first-order valence-electron chi connectivity index (χ1n) is 11.7. The number of aryl methyl sites for hydroxylation is 1. The molecular formula is C27H31N5O2. The summed E-state index contributed by atoms with van der Waals surface area (Å²) in [5.74, 6) is 0.458. The lowest BCUT2D eigenvalue weighted by atomic mass is 10.0. The number of hydrogen-bond acceptors (Lipinski definition) is 6. The van der Waals surface area contributed by atoms with Crippen LogP contribution < -0.4 is 16.2 Å². The molecule has 7 heteroatoms. The average Bonchev–Trinajstić information content (AvgIpc) is 2.86. The van der Waals surface area contributed by atoms with E-state index in [1.54, 1.807) is 19.2 Å². The van der Waals surface area contributed by atoms with Crippen molar-refractivity contribution in [3.8, 4) is 28.6 Å². The molecule has 1 aliphatic rings. The van der Waals surface area contributed by atoms with Crippen molar-refractivity contribution < 1.29 is 4.74 Å². The van der Waals surface area contributed by atoms with Gasteiger partial charge in [0.15, 0.2) is 5.82 Å². The molecular weight excluding hydrogens is 426 g/mol. The van der Waals surface area contributed by atoms with E-state index in [9.17, 15) is 10.1 Å². The Bertz CT molecular complexity index is 1220. The fraction of sp³-hybridized carbons (Fsp3) is 0.370. The minimum atomic E-state index is -0.0976. The number of ether oxygens (including phenoxy) is 1. The highest BCUT2D eigenvalue weighted by molar-refractivity contribution is 5.79. The Morgan fingerprint density at radius 1 is 1.09 bits per heavy atom. The van der Waals surface area contributed by atoms with Crippen molar-refractivity contribution in [2.45, 2.75) is 38.8 Å². The molecule has 1 fully saturated rings. The number of methoxy groups -OCH3 is 1. The van der Waals surface area contributed by atoms with E-state index < -0.39 is 0 Å². The number of hydrogen-bond donors (Lipinski definition) is 1. The molecule has 176 valence electrons. The Balaban J connectivity index is 1.95. The van der Waals surface area contributed by atoms with Crippen molar-refractivity contribution in [2.24, 2.45) is 5.73 Å². The smallest absolute Gasteiger partial charge is 0.294 e. The van der Waals surface area contributed by atoms with Gasteiger partial charge < -0.3 is 19.9 Å². The first-order valence-corrected chi connectivity index (χ1v) is 11.7. The third-order valence-corrected chi connectivity index (χ3v) is 6.33. The quantitative estimate of drug-likeness (QED) is 0.543. The maximum absolute atomic E-state index is 13.8. The second-order valence-corrected chi connectivity index (χ2v) is 8.82. The molecule has 0 aliphatic carbocycles. The summed E-state index contributed by atoms with van der Waals surface area (Å²) in [5, 5.41) is 9.25. The fourth-order valence-corrected chi connectivity index (χ4v) is 4.36. The Morgan fingerprint density at radius 2 is 1.74 bits per heavy atom. The Kier molecular flexibility index (Phi) is 7.41. The summed E-state index contributed by atoms with van der Waals surface area (Å²) in [7, 11) is 1.67. The minimum Gasteiger partial charge on any atom is -0.385 e. The maximum atomic E-state index is 13.8. The molecule has 0 saturated carbocycles. The lowest BCUT2D eigenvalue weighted by Crippen LogP contribution is -2.43. The maximum Gasteiger partial charge on any atom is 0.294 e. The zero-order valence-corrected chi connectivity index (χ0v) is 19.8. The molecule has 2 N–H and O–H groups in total. The summed E-state index contributed by atoms with van der Waals surface area (Å²) in [5.41, 5.74) is 11.1. The van der Waals surface area contributed by atoms with Crippen LogP contribution in [-0.4, -0.2) is 42.4 Å². The molecule has 0 unspecified atom stereocenters. The van der Waals surface area contributed by atoms with Gasteiger partial charge in [-0.25, -0.2) is 4.98 Å². The number of nitrogens with two attached hydrogens (primary N) is 1. The van der Waals surface area contributed by atoms with Gasteiger partial charge in [-0.3, -0.25) is 4.79 Å². The number of benzene rings is 2. The van der Waals surface area contributed by atoms with E-state index in [1.807, 2.05) is 47.9 Å². The van der Waals surface area contributed by atoms with Gasteiger partial charge >= 0.3 is 0 Å². The standard InChI is InChI=1S/C27H31N5O2/c1-19-4-8-22(9-5-19)25-24(21-10-6-20(18-28)7-11-21)30-26(31-15-12-23(29)13-16-31)27(33)32(25)14-3-17-34-2/h4-11,23H,3,12-17,29H2,1-2H3. The van der Waals surface area contributed by atoms with Crippen LogP contribution in [0.2, 0.25) is 0 Å². The van der Waals surface area contributed by atoms with E-state index in [1.165, 1.54) is 0 Å². The molecule has 0 bridgehead atoms. The molecule has 2 heterocycles. The molecule has 0 radical (unpaired) electrons. The number of piperidine rings is 1. The molecule has 1 aliphatic heterocycles. The second kappa shape index (κ2) is 10.6. The van der Waals surface area contributed by atoms with Gasteiger partial charge in [-0.2, -0.15) is 5.26 Å². The SMILES string of the molecule is COCCCn1c(-c2ccc(C)cc2)c(-c2ccc(C#N)cc2)nc(N2CCC(N)CC2)c1=O. The van der Waals surface area contributed by atoms with Gasteiger partial charge in [0.05, 0.1) is 23.0 Å². The first kappa shape index (κ1) is 23.7. The fourth-order valence-electron chi connectivity index (χ4n) is 4.36. The van der Waals surface area contributed by atoms with E-state index in [0.717, 1.165) is 40.9 Å². The molecule has 2 aromatic carbocycles. The van der Waals surface area contributed by atoms with Crippen molar-refractivity contribution >= 4 is 5.82 Å². The molecule has 0 atom stereocenters. The molecule has 34 heavy (non-hydrogen) atoms. The zero-order valence-electron chi connectivity index (χ0n) is 19.8. The summed E-state index contributed by atoms with van der Waals surface area (Å²) in [6.07, 6.45) is 2.36. The van der Waals surface area contributed by atoms with Crippen LogP contribution in [-0.2, 0) is 11.3 Å². The van der Waals surface area contributed by atoms with E-state index in [4.69, 9.17) is 15.5 Å². The van der Waals surface area contributed by atoms with Crippen molar-refractivity contribution in [1.29, 1.82) is 5.26 Å². The third-order valence-electron chi connectivity index (χ3n) is 6.33. The Hall–Kier alpha value is -3.47. The van der Waals surface area contributed by atoms with Gasteiger partial charge in [-0.05, 0) is 38.3 Å². The number of anilines is 1. The molecule has 3 aromatic rings. The average molecular weight is 458 g/mol. The number of nitriles is 1. The topological polar surface area (TPSA) is 97.2 Å². The minimum absolute atomic E-state index is 0.0976. The molecule has 1 saturated heterocycles. The lowest BCUT2D eigenvalue weighted by Gasteiger charge is -2.31. The summed E-state index contributed by atoms with van der Waals surface area (Å²) in [6, 6.07) is 17.9. The summed E-state index contributed by atoms with van der Waals surface area (Å²) >= 11 is 0. The van der Waals surface area contributed by atoms with Crippen molar-refractivity contribution in [1.82, 2.24) is 9.55 Å². The van der Waals surface area contributed by atoms with Crippen molar-refractivity contribution in [3.63, 3.8) is 0 Å². The number of aromatic nitrogens is 2. The zero-order chi connectivity index (χ0) is 24.1. The van der Waals surface area contributed by atoms with E-state index in [-0.39, 0.29) is 11.6 Å². The number of nitrogens with zero attached hydrogens (tertiary/aromatic N) is 4. The highest BCUT2D eigenvalue weighted by Gasteiger charge is 2.25. The summed E-state index contributed by atoms with van der Waals surface area (Å²) < 4.78 is 7.12. The van der Waals surface area contributed by atoms with Gasteiger partial charge in [-0.15, -0.1) is 0 Å². The predicted octanol–water partition coefficient (Wildman–Crippen LogP) is 3.72. The Morgan fingerprint density at radius 3 is 2.35 bits per heavy atom. The van der Waals surface area contributed by atoms with Gasteiger partial charge in [-0.1, -0.05) is 42.0 Å². The van der Waals surface area contributed by atoms with Crippen LogP contribution in [0.4, 0.5) is 5.82 Å². The highest BCUT2D eigenvalue weighted by Crippen LogP contribution is 2.32. The number of rotatable bonds is 7. The van der Waals surface area contributed by atoms with Crippen LogP contribution in [0.25, 0.3) is 22.5 Å². The van der Waals surface area contributed by atoms with Crippen molar-refractivity contribution in [3.05, 3.63) is 70.0 Å². The van der Waals surface area contributed by atoms with Gasteiger partial charge in [0, 0.05) is 50.5 Å². The van der Waals surface area contributed by atoms with Gasteiger partial charge in [0.2, 0.25) is 0 Å². The van der Waals surface area contributed by atoms with Crippen LogP contribution >= 0.6 is 0 Å². The second-order valence-electron chi connectivity index (χ2n) is 8.82. The largest absolute Gasteiger partial charge is 0.385 e. The van der Waals surface area contributed by atoms with Crippen LogP contribution in [0.3, 0.4) is 0 Å². The molecule has 4 rings (SSSR count). The molecule has 7 nitrogen and oxygen atoms in total. The first-order chi connectivity index (χ1) is 16.5. The van der Waals surface area contributed by atoms with E-state index >= 15 is 0 Å². The Labute approximate surface area is 200 Å². The highest BCUT2D eigenvalue weighted by atomic mass is 16.5. The lowest BCUT2D eigenvalue weighted by molar-refractivity contribution is 0.190. The molecule has 1 aromatic heterocycles.